The molecule has 2 aromatic carbocycles. The van der Waals surface area contributed by atoms with Crippen LogP contribution in [0.3, 0.4) is 0 Å². The van der Waals surface area contributed by atoms with Gasteiger partial charge in [-0.2, -0.15) is 0 Å². The van der Waals surface area contributed by atoms with E-state index in [4.69, 9.17) is 4.74 Å². The standard InChI is InChI=1S/C29H35F2N5O4/c1-40-23-9-7-21(8-10-23)19-36-25(37)28(33-27(36)39)12-16-34(17-13-28)15-11-24(22-5-3-2-4-6-22)32-26(38)35-18-14-29(30,31)20-35/h2-10,24H,11-20H2,1H3,(H,32,38)(H,33,39)/t24-/m0/s1. The number of benzene rings is 2. The second-order valence-corrected chi connectivity index (χ2v) is 10.8. The first-order valence-electron chi connectivity index (χ1n) is 13.7. The fraction of sp³-hybridized carbons (Fsp3) is 0.483. The number of halogens is 2. The molecule has 3 saturated heterocycles. The summed E-state index contributed by atoms with van der Waals surface area (Å²) in [6.07, 6.45) is 1.24. The van der Waals surface area contributed by atoms with Crippen LogP contribution in [0.5, 0.6) is 5.75 Å². The molecule has 214 valence electrons. The highest BCUT2D eigenvalue weighted by atomic mass is 19.3. The summed E-state index contributed by atoms with van der Waals surface area (Å²) in [4.78, 5) is 43.6. The second-order valence-electron chi connectivity index (χ2n) is 10.8. The summed E-state index contributed by atoms with van der Waals surface area (Å²) in [7, 11) is 1.58. The second kappa shape index (κ2) is 11.4. The molecule has 3 heterocycles. The normalized spacial score (nSPS) is 21.0. The van der Waals surface area contributed by atoms with E-state index in [2.05, 4.69) is 15.5 Å². The zero-order chi connectivity index (χ0) is 28.3. The Labute approximate surface area is 232 Å². The number of imide groups is 1. The van der Waals surface area contributed by atoms with Crippen LogP contribution >= 0.6 is 0 Å². The van der Waals surface area contributed by atoms with Crippen molar-refractivity contribution in [2.24, 2.45) is 0 Å². The van der Waals surface area contributed by atoms with E-state index in [1.165, 1.54) is 9.80 Å². The summed E-state index contributed by atoms with van der Waals surface area (Å²) in [6, 6.07) is 15.6. The topological polar surface area (TPSA) is 94.2 Å². The van der Waals surface area contributed by atoms with Gasteiger partial charge in [0.05, 0.1) is 26.2 Å². The minimum Gasteiger partial charge on any atom is -0.497 e. The van der Waals surface area contributed by atoms with Crippen molar-refractivity contribution in [1.29, 1.82) is 0 Å². The van der Waals surface area contributed by atoms with Crippen LogP contribution in [0, 0.1) is 0 Å². The number of piperidine rings is 1. The molecule has 0 aliphatic carbocycles. The predicted octanol–water partition coefficient (Wildman–Crippen LogP) is 3.76. The average molecular weight is 556 g/mol. The van der Waals surface area contributed by atoms with Crippen LogP contribution in [0.2, 0.25) is 0 Å². The molecule has 0 aromatic heterocycles. The number of hydrogen-bond donors (Lipinski definition) is 2. The number of nitrogens with zero attached hydrogens (tertiary/aromatic N) is 3. The van der Waals surface area contributed by atoms with E-state index in [0.29, 0.717) is 44.6 Å². The van der Waals surface area contributed by atoms with E-state index in [0.717, 1.165) is 11.1 Å². The highest BCUT2D eigenvalue weighted by Crippen LogP contribution is 2.32. The first kappa shape index (κ1) is 27.8. The summed E-state index contributed by atoms with van der Waals surface area (Å²) < 4.78 is 32.5. The van der Waals surface area contributed by atoms with Crippen molar-refractivity contribution in [3.8, 4) is 5.75 Å². The maximum absolute atomic E-state index is 13.7. The minimum atomic E-state index is -2.85. The van der Waals surface area contributed by atoms with Gasteiger partial charge in [0.2, 0.25) is 0 Å². The van der Waals surface area contributed by atoms with Gasteiger partial charge in [-0.25, -0.2) is 18.4 Å². The van der Waals surface area contributed by atoms with Gasteiger partial charge >= 0.3 is 12.1 Å². The number of likely N-dealkylation sites (tertiary alicyclic amines) is 2. The molecule has 1 atom stereocenters. The van der Waals surface area contributed by atoms with Crippen molar-refractivity contribution in [3.63, 3.8) is 0 Å². The quantitative estimate of drug-likeness (QED) is 0.484. The average Bonchev–Trinajstić information content (AvgIpc) is 3.44. The molecule has 3 aliphatic heterocycles. The Morgan fingerprint density at radius 2 is 1.73 bits per heavy atom. The molecule has 5 rings (SSSR count). The molecule has 0 saturated carbocycles. The number of carbonyl (C=O) groups excluding carboxylic acids is 3. The van der Waals surface area contributed by atoms with Gasteiger partial charge in [0.15, 0.2) is 0 Å². The maximum atomic E-state index is 13.7. The van der Waals surface area contributed by atoms with E-state index in [9.17, 15) is 23.2 Å². The molecule has 3 fully saturated rings. The lowest BCUT2D eigenvalue weighted by Crippen LogP contribution is -2.55. The Balaban J connectivity index is 1.16. The molecule has 1 spiro atoms. The summed E-state index contributed by atoms with van der Waals surface area (Å²) in [5.74, 6) is -2.35. The van der Waals surface area contributed by atoms with Crippen molar-refractivity contribution in [3.05, 3.63) is 65.7 Å². The van der Waals surface area contributed by atoms with Crippen LogP contribution in [-0.4, -0.2) is 84.0 Å². The van der Waals surface area contributed by atoms with Crippen molar-refractivity contribution >= 4 is 18.0 Å². The third kappa shape index (κ3) is 6.04. The number of methoxy groups -OCH3 is 1. The van der Waals surface area contributed by atoms with Crippen molar-refractivity contribution in [2.45, 2.75) is 49.7 Å². The molecular weight excluding hydrogens is 520 g/mol. The molecule has 3 aliphatic rings. The molecule has 9 nitrogen and oxygen atoms in total. The van der Waals surface area contributed by atoms with Crippen LogP contribution in [0.15, 0.2) is 54.6 Å². The third-order valence-electron chi connectivity index (χ3n) is 8.15. The first-order valence-corrected chi connectivity index (χ1v) is 13.7. The summed E-state index contributed by atoms with van der Waals surface area (Å²) in [5.41, 5.74) is 0.835. The van der Waals surface area contributed by atoms with Gasteiger partial charge < -0.3 is 25.2 Å². The zero-order valence-corrected chi connectivity index (χ0v) is 22.6. The first-order chi connectivity index (χ1) is 19.2. The molecule has 0 unspecified atom stereocenters. The van der Waals surface area contributed by atoms with Crippen molar-refractivity contribution < 1.29 is 27.9 Å². The number of amides is 5. The Bertz CT molecular complexity index is 1220. The van der Waals surface area contributed by atoms with Crippen LogP contribution < -0.4 is 15.4 Å². The van der Waals surface area contributed by atoms with Crippen LogP contribution in [-0.2, 0) is 11.3 Å². The number of hydrogen-bond acceptors (Lipinski definition) is 5. The van der Waals surface area contributed by atoms with E-state index in [1.807, 2.05) is 42.5 Å². The van der Waals surface area contributed by atoms with Gasteiger partial charge in [0, 0.05) is 32.6 Å². The lowest BCUT2D eigenvalue weighted by molar-refractivity contribution is -0.133. The number of urea groups is 2. The molecular formula is C29H35F2N5O4. The van der Waals surface area contributed by atoms with Gasteiger partial charge in [0.25, 0.3) is 11.8 Å². The molecule has 5 amide bonds. The monoisotopic (exact) mass is 555 g/mol. The molecule has 0 radical (unpaired) electrons. The summed E-state index contributed by atoms with van der Waals surface area (Å²) >= 11 is 0. The fourth-order valence-corrected chi connectivity index (χ4v) is 5.70. The Morgan fingerprint density at radius 3 is 2.35 bits per heavy atom. The SMILES string of the molecule is COc1ccc(CN2C(=O)NC3(CCN(CC[C@H](NC(=O)N4CCC(F)(F)C4)c4ccccc4)CC3)C2=O)cc1. The number of rotatable bonds is 8. The van der Waals surface area contributed by atoms with Crippen molar-refractivity contribution in [1.82, 2.24) is 25.3 Å². The number of alkyl halides is 2. The minimum absolute atomic E-state index is 0.0315. The zero-order valence-electron chi connectivity index (χ0n) is 22.6. The van der Waals surface area contributed by atoms with Crippen LogP contribution in [0.4, 0.5) is 18.4 Å². The van der Waals surface area contributed by atoms with E-state index < -0.39 is 24.0 Å². The summed E-state index contributed by atoms with van der Waals surface area (Å²) in [6.45, 7) is 1.52. The predicted molar refractivity (Wildman–Crippen MR) is 144 cm³/mol. The molecule has 11 heteroatoms. The van der Waals surface area contributed by atoms with Gasteiger partial charge in [-0.1, -0.05) is 42.5 Å². The van der Waals surface area contributed by atoms with Crippen LogP contribution in [0.1, 0.15) is 42.9 Å². The van der Waals surface area contributed by atoms with Gasteiger partial charge in [-0.15, -0.1) is 0 Å². The maximum Gasteiger partial charge on any atom is 0.325 e. The van der Waals surface area contributed by atoms with Gasteiger partial charge in [-0.3, -0.25) is 9.69 Å². The van der Waals surface area contributed by atoms with E-state index in [1.54, 1.807) is 19.2 Å². The Hall–Kier alpha value is -3.73. The smallest absolute Gasteiger partial charge is 0.325 e. The molecule has 2 N–H and O–H groups in total. The largest absolute Gasteiger partial charge is 0.497 e. The van der Waals surface area contributed by atoms with Gasteiger partial charge in [0.1, 0.15) is 11.3 Å². The molecule has 0 bridgehead atoms. The van der Waals surface area contributed by atoms with Crippen LogP contribution in [0.25, 0.3) is 0 Å². The highest BCUT2D eigenvalue weighted by Gasteiger charge is 2.52. The Kier molecular flexibility index (Phi) is 7.93. The van der Waals surface area contributed by atoms with E-state index >= 15 is 0 Å². The number of nitrogens with one attached hydrogen (secondary N) is 2. The van der Waals surface area contributed by atoms with E-state index in [-0.39, 0.29) is 37.5 Å². The lowest BCUT2D eigenvalue weighted by Gasteiger charge is -2.38. The number of carbonyl (C=O) groups is 3. The molecule has 40 heavy (non-hydrogen) atoms. The van der Waals surface area contributed by atoms with Crippen molar-refractivity contribution in [2.75, 3.05) is 39.8 Å². The lowest BCUT2D eigenvalue weighted by atomic mass is 9.87. The third-order valence-corrected chi connectivity index (χ3v) is 8.15. The summed E-state index contributed by atoms with van der Waals surface area (Å²) in [5, 5.41) is 5.90. The fourth-order valence-electron chi connectivity index (χ4n) is 5.70. The number of ether oxygens (including phenoxy) is 1. The highest BCUT2D eigenvalue weighted by molar-refractivity contribution is 6.07. The van der Waals surface area contributed by atoms with Gasteiger partial charge in [-0.05, 0) is 42.5 Å². The molecule has 2 aromatic rings. The Morgan fingerprint density at radius 1 is 1.02 bits per heavy atom.